The zero-order chi connectivity index (χ0) is 21.6. The Morgan fingerprint density at radius 1 is 1.24 bits per heavy atom. The van der Waals surface area contributed by atoms with Gasteiger partial charge in [0.15, 0.2) is 0 Å². The first-order valence-corrected chi connectivity index (χ1v) is 11.0. The molecule has 1 unspecified atom stereocenters. The number of amides is 1. The summed E-state index contributed by atoms with van der Waals surface area (Å²) in [6.07, 6.45) is 2.22. The van der Waals surface area contributed by atoms with Gasteiger partial charge in [-0.25, -0.2) is 0 Å². The molecule has 0 saturated carbocycles. The van der Waals surface area contributed by atoms with E-state index in [0.29, 0.717) is 23.4 Å². The van der Waals surface area contributed by atoms with Gasteiger partial charge in [0.1, 0.15) is 11.4 Å². The predicted molar refractivity (Wildman–Crippen MR) is 120 cm³/mol. The van der Waals surface area contributed by atoms with E-state index in [1.165, 1.54) is 0 Å². The molecule has 1 aromatic heterocycles. The maximum Gasteiger partial charge on any atom is 0.270 e. The van der Waals surface area contributed by atoms with Gasteiger partial charge in [-0.05, 0) is 54.2 Å². The Hall–Kier alpha value is -1.97. The second-order valence-electron chi connectivity index (χ2n) is 10.7. The number of H-pyrrole nitrogens is 1. The molecule has 1 N–H and O–H groups in total. The average Bonchev–Trinajstić information content (AvgIpc) is 3.21. The number of carbonyl (C=O) groups excluding carboxylic acids is 1. The molecule has 4 nitrogen and oxygen atoms in total. The molecule has 0 radical (unpaired) electrons. The number of aromatic nitrogens is 1. The van der Waals surface area contributed by atoms with Crippen LogP contribution in [0.3, 0.4) is 0 Å². The van der Waals surface area contributed by atoms with Crippen molar-refractivity contribution in [2.75, 3.05) is 13.7 Å². The Morgan fingerprint density at radius 3 is 2.45 bits per heavy atom. The zero-order valence-electron chi connectivity index (χ0n) is 19.4. The molecule has 1 amide bonds. The van der Waals surface area contributed by atoms with Crippen molar-refractivity contribution in [3.05, 3.63) is 30.0 Å². The Kier molecular flexibility index (Phi) is 5.77. The highest BCUT2D eigenvalue weighted by molar-refractivity contribution is 6.00. The van der Waals surface area contributed by atoms with Crippen molar-refractivity contribution in [1.29, 1.82) is 0 Å². The van der Waals surface area contributed by atoms with Crippen LogP contribution in [0.5, 0.6) is 5.75 Å². The van der Waals surface area contributed by atoms with E-state index in [2.05, 4.69) is 58.4 Å². The number of aromatic amines is 1. The van der Waals surface area contributed by atoms with Gasteiger partial charge < -0.3 is 14.6 Å². The molecule has 1 aromatic carbocycles. The van der Waals surface area contributed by atoms with E-state index in [4.69, 9.17) is 4.74 Å². The number of fused-ring (bicyclic) bond motifs is 1. The van der Waals surface area contributed by atoms with Gasteiger partial charge in [-0.2, -0.15) is 0 Å². The van der Waals surface area contributed by atoms with Crippen molar-refractivity contribution in [3.8, 4) is 5.75 Å². The molecule has 4 heteroatoms. The number of carbonyl (C=O) groups is 1. The Balaban J connectivity index is 2.02. The summed E-state index contributed by atoms with van der Waals surface area (Å²) in [5.74, 6) is 2.24. The molecule has 29 heavy (non-hydrogen) atoms. The first-order valence-electron chi connectivity index (χ1n) is 11.0. The fraction of sp³-hybridized carbons (Fsp3) is 0.640. The highest BCUT2D eigenvalue weighted by Crippen LogP contribution is 2.47. The lowest BCUT2D eigenvalue weighted by Crippen LogP contribution is -2.54. The minimum Gasteiger partial charge on any atom is -0.496 e. The van der Waals surface area contributed by atoms with Crippen LogP contribution in [-0.2, 0) is 0 Å². The van der Waals surface area contributed by atoms with Crippen LogP contribution in [0.2, 0.25) is 0 Å². The van der Waals surface area contributed by atoms with E-state index in [1.54, 1.807) is 7.11 Å². The second kappa shape index (κ2) is 7.70. The number of hydrogen-bond donors (Lipinski definition) is 1. The summed E-state index contributed by atoms with van der Waals surface area (Å²) in [4.78, 5) is 19.4. The van der Waals surface area contributed by atoms with Crippen LogP contribution in [0.15, 0.2) is 24.3 Å². The Morgan fingerprint density at radius 2 is 1.90 bits per heavy atom. The molecule has 1 aliphatic rings. The van der Waals surface area contributed by atoms with Crippen molar-refractivity contribution in [1.82, 2.24) is 9.88 Å². The van der Waals surface area contributed by atoms with E-state index < -0.39 is 0 Å². The lowest BCUT2D eigenvalue weighted by molar-refractivity contribution is 0.0291. The maximum atomic E-state index is 13.8. The predicted octanol–water partition coefficient (Wildman–Crippen LogP) is 6.13. The first kappa shape index (κ1) is 21.7. The quantitative estimate of drug-likeness (QED) is 0.659. The number of methoxy groups -OCH3 is 1. The van der Waals surface area contributed by atoms with Crippen molar-refractivity contribution in [2.45, 2.75) is 66.8 Å². The second-order valence-corrected chi connectivity index (χ2v) is 10.7. The number of nitrogens with one attached hydrogen (secondary N) is 1. The molecule has 1 aliphatic heterocycles. The molecule has 0 aliphatic carbocycles. The van der Waals surface area contributed by atoms with Crippen LogP contribution in [0, 0.1) is 23.2 Å². The Labute approximate surface area is 176 Å². The Bertz CT molecular complexity index is 865. The van der Waals surface area contributed by atoms with E-state index in [0.717, 1.165) is 36.0 Å². The summed E-state index contributed by atoms with van der Waals surface area (Å²) in [6.45, 7) is 16.8. The molecule has 1 atom stereocenters. The number of rotatable bonds is 5. The van der Waals surface area contributed by atoms with Gasteiger partial charge in [-0.1, -0.05) is 54.5 Å². The van der Waals surface area contributed by atoms with Gasteiger partial charge in [0.2, 0.25) is 0 Å². The lowest BCUT2D eigenvalue weighted by Gasteiger charge is -2.45. The maximum absolute atomic E-state index is 13.8. The number of benzene rings is 1. The number of nitrogens with zero attached hydrogens (tertiary/aromatic N) is 1. The monoisotopic (exact) mass is 398 g/mol. The van der Waals surface area contributed by atoms with Crippen molar-refractivity contribution in [2.24, 2.45) is 23.2 Å². The van der Waals surface area contributed by atoms with E-state index in [1.807, 2.05) is 24.3 Å². The standard InChI is InChI=1S/C25H38N2O2/c1-16(2)25(17(3)4)14-18(13-24(5,6)7)15-27(25)23(28)21-12-19-20(26-21)10-9-11-22(19)29-8/h9-12,16-18,26H,13-15H2,1-8H3. The zero-order valence-corrected chi connectivity index (χ0v) is 19.4. The topological polar surface area (TPSA) is 45.3 Å². The summed E-state index contributed by atoms with van der Waals surface area (Å²) in [5, 5.41) is 0.962. The fourth-order valence-corrected chi connectivity index (χ4v) is 5.67. The number of ether oxygens (including phenoxy) is 1. The molecule has 0 spiro atoms. The van der Waals surface area contributed by atoms with Gasteiger partial charge in [0, 0.05) is 23.0 Å². The van der Waals surface area contributed by atoms with Gasteiger partial charge in [-0.3, -0.25) is 4.79 Å². The minimum atomic E-state index is -0.117. The van der Waals surface area contributed by atoms with E-state index in [-0.39, 0.29) is 16.9 Å². The van der Waals surface area contributed by atoms with Crippen LogP contribution in [0.1, 0.15) is 71.8 Å². The molecule has 2 aromatic rings. The van der Waals surface area contributed by atoms with Crippen LogP contribution >= 0.6 is 0 Å². The average molecular weight is 399 g/mol. The summed E-state index contributed by atoms with van der Waals surface area (Å²) < 4.78 is 5.49. The fourth-order valence-electron chi connectivity index (χ4n) is 5.67. The third-order valence-corrected chi connectivity index (χ3v) is 6.78. The van der Waals surface area contributed by atoms with Gasteiger partial charge in [0.05, 0.1) is 7.11 Å². The first-order chi connectivity index (χ1) is 13.5. The number of likely N-dealkylation sites (tertiary alicyclic amines) is 1. The van der Waals surface area contributed by atoms with Gasteiger partial charge in [0.25, 0.3) is 5.91 Å². The summed E-state index contributed by atoms with van der Waals surface area (Å²) >= 11 is 0. The van der Waals surface area contributed by atoms with E-state index >= 15 is 0 Å². The largest absolute Gasteiger partial charge is 0.496 e. The van der Waals surface area contributed by atoms with Crippen molar-refractivity contribution >= 4 is 16.8 Å². The van der Waals surface area contributed by atoms with Gasteiger partial charge in [-0.15, -0.1) is 0 Å². The van der Waals surface area contributed by atoms with Gasteiger partial charge >= 0.3 is 0 Å². The summed E-state index contributed by atoms with van der Waals surface area (Å²) in [5.41, 5.74) is 1.75. The SMILES string of the molecule is COc1cccc2[nH]c(C(=O)N3CC(CC(C)(C)C)CC3(C(C)C)C(C)C)cc12. The van der Waals surface area contributed by atoms with Crippen molar-refractivity contribution in [3.63, 3.8) is 0 Å². The molecule has 3 rings (SSSR count). The molecular formula is C25H38N2O2. The summed E-state index contributed by atoms with van der Waals surface area (Å²) in [7, 11) is 1.67. The summed E-state index contributed by atoms with van der Waals surface area (Å²) in [6, 6.07) is 7.85. The van der Waals surface area contributed by atoms with Crippen LogP contribution in [-0.4, -0.2) is 35.0 Å². The third kappa shape index (κ3) is 3.91. The van der Waals surface area contributed by atoms with Crippen LogP contribution in [0.4, 0.5) is 0 Å². The molecule has 160 valence electrons. The van der Waals surface area contributed by atoms with Crippen LogP contribution in [0.25, 0.3) is 10.9 Å². The molecule has 1 fully saturated rings. The van der Waals surface area contributed by atoms with Crippen LogP contribution < -0.4 is 4.74 Å². The van der Waals surface area contributed by atoms with E-state index in [9.17, 15) is 4.79 Å². The third-order valence-electron chi connectivity index (χ3n) is 6.78. The molecule has 2 heterocycles. The normalized spacial score (nSPS) is 19.5. The highest BCUT2D eigenvalue weighted by Gasteiger charge is 2.52. The highest BCUT2D eigenvalue weighted by atomic mass is 16.5. The lowest BCUT2D eigenvalue weighted by atomic mass is 9.71. The van der Waals surface area contributed by atoms with Crippen molar-refractivity contribution < 1.29 is 9.53 Å². The molecule has 0 bridgehead atoms. The smallest absolute Gasteiger partial charge is 0.270 e. The number of hydrogen-bond acceptors (Lipinski definition) is 2. The molecule has 1 saturated heterocycles. The minimum absolute atomic E-state index is 0.113. The molecular weight excluding hydrogens is 360 g/mol.